The normalized spacial score (nSPS) is 10.1. The molecule has 0 unspecified atom stereocenters. The highest BCUT2D eigenvalue weighted by Crippen LogP contribution is 2.13. The Morgan fingerprint density at radius 1 is 1.14 bits per heavy atom. The van der Waals surface area contributed by atoms with E-state index >= 15 is 0 Å². The third kappa shape index (κ3) is 4.57. The number of amides is 1. The van der Waals surface area contributed by atoms with Crippen molar-refractivity contribution in [2.24, 2.45) is 0 Å². The van der Waals surface area contributed by atoms with Gasteiger partial charge >= 0.3 is 5.97 Å². The molecule has 1 aromatic heterocycles. The zero-order valence-electron chi connectivity index (χ0n) is 11.0. The van der Waals surface area contributed by atoms with Gasteiger partial charge in [0.05, 0.1) is 0 Å². The largest absolute Gasteiger partial charge is 0.481 e. The van der Waals surface area contributed by atoms with Crippen molar-refractivity contribution in [3.63, 3.8) is 0 Å². The number of hydrogen-bond acceptors (Lipinski definition) is 3. The highest BCUT2D eigenvalue weighted by molar-refractivity contribution is 6.29. The van der Waals surface area contributed by atoms with Crippen molar-refractivity contribution in [2.45, 2.75) is 12.8 Å². The molecule has 1 aromatic carbocycles. The first kappa shape index (κ1) is 15.0. The fourth-order valence-corrected chi connectivity index (χ4v) is 1.90. The number of halogens is 1. The van der Waals surface area contributed by atoms with E-state index < -0.39 is 5.97 Å². The molecular formula is C15H13ClN2O3. The summed E-state index contributed by atoms with van der Waals surface area (Å²) in [6, 6.07) is 11.8. The summed E-state index contributed by atoms with van der Waals surface area (Å²) in [7, 11) is 0. The number of aliphatic carboxylic acids is 1. The summed E-state index contributed by atoms with van der Waals surface area (Å²) < 4.78 is 0. The van der Waals surface area contributed by atoms with Crippen LogP contribution in [0.15, 0.2) is 42.5 Å². The number of rotatable bonds is 5. The minimum atomic E-state index is -0.834. The second-order valence-electron chi connectivity index (χ2n) is 4.39. The van der Waals surface area contributed by atoms with Gasteiger partial charge in [0, 0.05) is 12.1 Å². The molecule has 108 valence electrons. The second-order valence-corrected chi connectivity index (χ2v) is 4.78. The minimum Gasteiger partial charge on any atom is -0.481 e. The SMILES string of the molecule is O=C(O)CCc1ccc(NC(=O)c2cccc(Cl)n2)cc1. The van der Waals surface area contributed by atoms with E-state index in [1.54, 1.807) is 42.5 Å². The third-order valence-corrected chi connectivity index (χ3v) is 3.00. The van der Waals surface area contributed by atoms with Gasteiger partial charge in [0.1, 0.15) is 10.8 Å². The number of aromatic nitrogens is 1. The van der Waals surface area contributed by atoms with Crippen LogP contribution in [0.4, 0.5) is 5.69 Å². The Hall–Kier alpha value is -2.40. The molecule has 0 aliphatic carbocycles. The Kier molecular flexibility index (Phi) is 4.90. The Bertz CT molecular complexity index is 656. The summed E-state index contributed by atoms with van der Waals surface area (Å²) in [4.78, 5) is 26.4. The van der Waals surface area contributed by atoms with E-state index in [1.807, 2.05) is 0 Å². The predicted molar refractivity (Wildman–Crippen MR) is 79.6 cm³/mol. The highest BCUT2D eigenvalue weighted by Gasteiger charge is 2.08. The number of carbonyl (C=O) groups is 2. The maximum Gasteiger partial charge on any atom is 0.303 e. The maximum atomic E-state index is 12.0. The Morgan fingerprint density at radius 3 is 2.48 bits per heavy atom. The molecule has 1 heterocycles. The van der Waals surface area contributed by atoms with Gasteiger partial charge in [-0.2, -0.15) is 0 Å². The Balaban J connectivity index is 2.00. The van der Waals surface area contributed by atoms with E-state index in [2.05, 4.69) is 10.3 Å². The van der Waals surface area contributed by atoms with Crippen molar-refractivity contribution >= 4 is 29.2 Å². The van der Waals surface area contributed by atoms with E-state index in [0.717, 1.165) is 5.56 Å². The van der Waals surface area contributed by atoms with Gasteiger partial charge in [-0.15, -0.1) is 0 Å². The number of nitrogens with one attached hydrogen (secondary N) is 1. The second kappa shape index (κ2) is 6.85. The third-order valence-electron chi connectivity index (χ3n) is 2.79. The van der Waals surface area contributed by atoms with Gasteiger partial charge in [-0.1, -0.05) is 29.8 Å². The van der Waals surface area contributed by atoms with Gasteiger partial charge in [-0.3, -0.25) is 9.59 Å². The molecule has 0 aliphatic heterocycles. The lowest BCUT2D eigenvalue weighted by Gasteiger charge is -2.06. The molecule has 2 rings (SSSR count). The van der Waals surface area contributed by atoms with Crippen LogP contribution in [0.1, 0.15) is 22.5 Å². The van der Waals surface area contributed by atoms with E-state index in [9.17, 15) is 9.59 Å². The summed E-state index contributed by atoms with van der Waals surface area (Å²) in [5.74, 6) is -1.19. The maximum absolute atomic E-state index is 12.0. The lowest BCUT2D eigenvalue weighted by molar-refractivity contribution is -0.136. The van der Waals surface area contributed by atoms with Gasteiger partial charge in [-0.05, 0) is 36.2 Å². The number of carbonyl (C=O) groups excluding carboxylic acids is 1. The van der Waals surface area contributed by atoms with E-state index in [0.29, 0.717) is 12.1 Å². The minimum absolute atomic E-state index is 0.0815. The molecular weight excluding hydrogens is 292 g/mol. The van der Waals surface area contributed by atoms with Crippen LogP contribution in [0.3, 0.4) is 0 Å². The van der Waals surface area contributed by atoms with Crippen LogP contribution in [0, 0.1) is 0 Å². The first-order valence-corrected chi connectivity index (χ1v) is 6.67. The van der Waals surface area contributed by atoms with Crippen LogP contribution in [0.25, 0.3) is 0 Å². The van der Waals surface area contributed by atoms with E-state index in [4.69, 9.17) is 16.7 Å². The van der Waals surface area contributed by atoms with E-state index in [1.165, 1.54) is 0 Å². The zero-order chi connectivity index (χ0) is 15.2. The molecule has 0 spiro atoms. The first-order chi connectivity index (χ1) is 10.0. The van der Waals surface area contributed by atoms with Crippen LogP contribution >= 0.6 is 11.6 Å². The molecule has 0 bridgehead atoms. The molecule has 0 fully saturated rings. The van der Waals surface area contributed by atoms with Crippen LogP contribution < -0.4 is 5.32 Å². The molecule has 0 saturated heterocycles. The number of pyridine rings is 1. The smallest absolute Gasteiger partial charge is 0.303 e. The lowest BCUT2D eigenvalue weighted by atomic mass is 10.1. The summed E-state index contributed by atoms with van der Waals surface area (Å²) in [6.07, 6.45) is 0.539. The zero-order valence-corrected chi connectivity index (χ0v) is 11.8. The molecule has 0 atom stereocenters. The van der Waals surface area contributed by atoms with Crippen LogP contribution in [0.2, 0.25) is 5.15 Å². The van der Waals surface area contributed by atoms with Crippen molar-refractivity contribution in [3.05, 3.63) is 58.9 Å². The van der Waals surface area contributed by atoms with Gasteiger partial charge in [0.2, 0.25) is 0 Å². The Morgan fingerprint density at radius 2 is 1.86 bits per heavy atom. The number of anilines is 1. The fraction of sp³-hybridized carbons (Fsp3) is 0.133. The standard InChI is InChI=1S/C15H13ClN2O3/c16-13-3-1-2-12(18-13)15(21)17-11-7-4-10(5-8-11)6-9-14(19)20/h1-5,7-8H,6,9H2,(H,17,21)(H,19,20). The molecule has 1 amide bonds. The molecule has 0 aliphatic rings. The quantitative estimate of drug-likeness (QED) is 0.832. The van der Waals surface area contributed by atoms with Gasteiger partial charge in [0.25, 0.3) is 5.91 Å². The number of hydrogen-bond donors (Lipinski definition) is 2. The average Bonchev–Trinajstić information content (AvgIpc) is 2.46. The molecule has 2 N–H and O–H groups in total. The lowest BCUT2D eigenvalue weighted by Crippen LogP contribution is -2.13. The number of aryl methyl sites for hydroxylation is 1. The van der Waals surface area contributed by atoms with Gasteiger partial charge < -0.3 is 10.4 Å². The summed E-state index contributed by atoms with van der Waals surface area (Å²) in [6.45, 7) is 0. The van der Waals surface area contributed by atoms with Crippen LogP contribution in [-0.4, -0.2) is 22.0 Å². The molecule has 5 nitrogen and oxygen atoms in total. The van der Waals surface area contributed by atoms with Gasteiger partial charge in [-0.25, -0.2) is 4.98 Å². The van der Waals surface area contributed by atoms with Gasteiger partial charge in [0.15, 0.2) is 0 Å². The number of carboxylic acid groups (broad SMARTS) is 1. The fourth-order valence-electron chi connectivity index (χ4n) is 1.74. The monoisotopic (exact) mass is 304 g/mol. The number of carboxylic acids is 1. The average molecular weight is 305 g/mol. The molecule has 0 saturated carbocycles. The van der Waals surface area contributed by atoms with Crippen molar-refractivity contribution in [2.75, 3.05) is 5.32 Å². The molecule has 21 heavy (non-hydrogen) atoms. The van der Waals surface area contributed by atoms with Crippen molar-refractivity contribution in [3.8, 4) is 0 Å². The van der Waals surface area contributed by atoms with Crippen molar-refractivity contribution in [1.29, 1.82) is 0 Å². The van der Waals surface area contributed by atoms with Crippen molar-refractivity contribution < 1.29 is 14.7 Å². The number of nitrogens with zero attached hydrogens (tertiary/aromatic N) is 1. The Labute approximate surface area is 126 Å². The van der Waals surface area contributed by atoms with Crippen LogP contribution in [0.5, 0.6) is 0 Å². The molecule has 2 aromatic rings. The summed E-state index contributed by atoms with van der Waals surface area (Å²) in [5.41, 5.74) is 1.74. The predicted octanol–water partition coefficient (Wildman–Crippen LogP) is 3.00. The topological polar surface area (TPSA) is 79.3 Å². The molecule has 6 heteroatoms. The first-order valence-electron chi connectivity index (χ1n) is 6.29. The van der Waals surface area contributed by atoms with Crippen LogP contribution in [-0.2, 0) is 11.2 Å². The molecule has 0 radical (unpaired) electrons. The number of benzene rings is 1. The highest BCUT2D eigenvalue weighted by atomic mass is 35.5. The van der Waals surface area contributed by atoms with E-state index in [-0.39, 0.29) is 23.2 Å². The van der Waals surface area contributed by atoms with Crippen molar-refractivity contribution in [1.82, 2.24) is 4.98 Å². The summed E-state index contributed by atoms with van der Waals surface area (Å²) >= 11 is 5.73. The summed E-state index contributed by atoms with van der Waals surface area (Å²) in [5, 5.41) is 11.6.